The average molecular weight is 225 g/mol. The van der Waals surface area contributed by atoms with E-state index in [2.05, 4.69) is 30.3 Å². The molecule has 0 amide bonds. The van der Waals surface area contributed by atoms with Gasteiger partial charge in [0.1, 0.15) is 11.6 Å². The number of nitrogens with two attached hydrogens (primary N) is 1. The fraction of sp³-hybridized carbons (Fsp3) is 0.750. The second-order valence-corrected chi connectivity index (χ2v) is 4.16. The highest BCUT2D eigenvalue weighted by atomic mass is 16.5. The molecule has 0 radical (unpaired) electrons. The Morgan fingerprint density at radius 2 is 2.12 bits per heavy atom. The van der Waals surface area contributed by atoms with Crippen LogP contribution >= 0.6 is 0 Å². The second-order valence-electron chi connectivity index (χ2n) is 4.16. The summed E-state index contributed by atoms with van der Waals surface area (Å²) < 4.78 is 7.28. The van der Waals surface area contributed by atoms with Crippen LogP contribution in [-0.4, -0.2) is 23.3 Å². The van der Waals surface area contributed by atoms with Gasteiger partial charge < -0.3 is 15.0 Å². The molecule has 4 nitrogen and oxygen atoms in total. The van der Waals surface area contributed by atoms with E-state index < -0.39 is 0 Å². The van der Waals surface area contributed by atoms with Crippen molar-refractivity contribution in [3.63, 3.8) is 0 Å². The van der Waals surface area contributed by atoms with Gasteiger partial charge >= 0.3 is 0 Å². The van der Waals surface area contributed by atoms with Gasteiger partial charge in [0.2, 0.25) is 0 Å². The zero-order valence-corrected chi connectivity index (χ0v) is 10.8. The van der Waals surface area contributed by atoms with Gasteiger partial charge in [-0.05, 0) is 6.42 Å². The molecule has 0 saturated heterocycles. The molecule has 1 rings (SSSR count). The van der Waals surface area contributed by atoms with E-state index in [1.165, 1.54) is 0 Å². The molecule has 92 valence electrons. The number of nitrogens with zero attached hydrogens (tertiary/aromatic N) is 2. The summed E-state index contributed by atoms with van der Waals surface area (Å²) in [6.45, 7) is 7.96. The number of methoxy groups -OCH3 is 1. The number of imidazole rings is 1. The Balaban J connectivity index is 3.02. The molecule has 0 aromatic carbocycles. The van der Waals surface area contributed by atoms with E-state index in [9.17, 15) is 0 Å². The van der Waals surface area contributed by atoms with E-state index in [4.69, 9.17) is 10.5 Å². The number of ether oxygens (including phenoxy) is 1. The molecular formula is C12H23N3O. The lowest BCUT2D eigenvalue weighted by molar-refractivity contribution is 0.183. The zero-order valence-electron chi connectivity index (χ0n) is 10.8. The molecule has 0 aliphatic rings. The molecule has 0 fully saturated rings. The molecule has 0 bridgehead atoms. The van der Waals surface area contributed by atoms with Gasteiger partial charge in [0, 0.05) is 26.0 Å². The van der Waals surface area contributed by atoms with Crippen LogP contribution in [0.2, 0.25) is 0 Å². The Morgan fingerprint density at radius 3 is 2.62 bits per heavy atom. The van der Waals surface area contributed by atoms with Crippen LogP contribution in [0.3, 0.4) is 0 Å². The summed E-state index contributed by atoms with van der Waals surface area (Å²) in [5.41, 5.74) is 7.12. The van der Waals surface area contributed by atoms with Crippen LogP contribution in [0, 0.1) is 0 Å². The Kier molecular flexibility index (Phi) is 4.80. The number of rotatable bonds is 6. The number of aromatic nitrogens is 2. The first-order valence-corrected chi connectivity index (χ1v) is 5.99. The average Bonchev–Trinajstić information content (AvgIpc) is 2.57. The third-order valence-corrected chi connectivity index (χ3v) is 2.76. The molecule has 2 N–H and O–H groups in total. The van der Waals surface area contributed by atoms with Crippen LogP contribution < -0.4 is 5.73 Å². The minimum absolute atomic E-state index is 0.258. The first-order chi connectivity index (χ1) is 7.65. The molecular weight excluding hydrogens is 202 g/mol. The summed E-state index contributed by atoms with van der Waals surface area (Å²) in [5, 5.41) is 0. The lowest BCUT2D eigenvalue weighted by Crippen LogP contribution is -2.08. The van der Waals surface area contributed by atoms with Crippen molar-refractivity contribution in [3.05, 3.63) is 11.5 Å². The van der Waals surface area contributed by atoms with Gasteiger partial charge in [0.15, 0.2) is 0 Å². The smallest absolute Gasteiger partial charge is 0.127 e. The number of anilines is 1. The predicted molar refractivity (Wildman–Crippen MR) is 66.6 cm³/mol. The number of aryl methyl sites for hydroxylation is 1. The highest BCUT2D eigenvalue weighted by Gasteiger charge is 2.17. The first kappa shape index (κ1) is 13.0. The molecule has 16 heavy (non-hydrogen) atoms. The van der Waals surface area contributed by atoms with Crippen LogP contribution in [0.15, 0.2) is 0 Å². The summed E-state index contributed by atoms with van der Waals surface area (Å²) in [6.07, 6.45) is 2.00. The van der Waals surface area contributed by atoms with Crippen LogP contribution in [0.5, 0.6) is 0 Å². The van der Waals surface area contributed by atoms with E-state index in [0.29, 0.717) is 6.61 Å². The third kappa shape index (κ3) is 2.55. The molecule has 4 heteroatoms. The van der Waals surface area contributed by atoms with Gasteiger partial charge in [0.25, 0.3) is 0 Å². The molecule has 1 atom stereocenters. The number of hydrogen-bond acceptors (Lipinski definition) is 3. The Bertz CT molecular complexity index is 333. The van der Waals surface area contributed by atoms with Crippen LogP contribution in [-0.2, 0) is 17.7 Å². The SMILES string of the molecule is CCCn1c(CC)nc(C(C)COC)c1N. The Morgan fingerprint density at radius 1 is 1.44 bits per heavy atom. The van der Waals surface area contributed by atoms with E-state index in [1.807, 2.05) is 0 Å². The topological polar surface area (TPSA) is 53.1 Å². The van der Waals surface area contributed by atoms with E-state index >= 15 is 0 Å². The summed E-state index contributed by atoms with van der Waals surface area (Å²) in [5.74, 6) is 2.15. The number of nitrogen functional groups attached to an aromatic ring is 1. The van der Waals surface area contributed by atoms with Crippen LogP contribution in [0.1, 0.15) is 44.6 Å². The maximum atomic E-state index is 6.14. The highest BCUT2D eigenvalue weighted by molar-refractivity contribution is 5.40. The monoisotopic (exact) mass is 225 g/mol. The largest absolute Gasteiger partial charge is 0.384 e. The van der Waals surface area contributed by atoms with E-state index in [1.54, 1.807) is 7.11 Å². The predicted octanol–water partition coefficient (Wildman–Crippen LogP) is 2.19. The quantitative estimate of drug-likeness (QED) is 0.807. The second kappa shape index (κ2) is 5.89. The highest BCUT2D eigenvalue weighted by Crippen LogP contribution is 2.23. The first-order valence-electron chi connectivity index (χ1n) is 5.99. The summed E-state index contributed by atoms with van der Waals surface area (Å²) in [6, 6.07) is 0. The van der Waals surface area contributed by atoms with Crippen LogP contribution in [0.25, 0.3) is 0 Å². The van der Waals surface area contributed by atoms with Crippen molar-refractivity contribution in [1.29, 1.82) is 0 Å². The van der Waals surface area contributed by atoms with Crippen molar-refractivity contribution in [2.24, 2.45) is 0 Å². The van der Waals surface area contributed by atoms with Crippen molar-refractivity contribution in [2.75, 3.05) is 19.5 Å². The van der Waals surface area contributed by atoms with Gasteiger partial charge in [-0.25, -0.2) is 4.98 Å². The fourth-order valence-electron chi connectivity index (χ4n) is 1.97. The van der Waals surface area contributed by atoms with E-state index in [-0.39, 0.29) is 5.92 Å². The van der Waals surface area contributed by atoms with Crippen molar-refractivity contribution in [3.8, 4) is 0 Å². The third-order valence-electron chi connectivity index (χ3n) is 2.76. The zero-order chi connectivity index (χ0) is 12.1. The molecule has 1 heterocycles. The van der Waals surface area contributed by atoms with Gasteiger partial charge in [-0.2, -0.15) is 0 Å². The lowest BCUT2D eigenvalue weighted by atomic mass is 10.1. The molecule has 1 aromatic rings. The minimum Gasteiger partial charge on any atom is -0.384 e. The molecule has 0 spiro atoms. The van der Waals surface area contributed by atoms with Crippen molar-refractivity contribution >= 4 is 5.82 Å². The van der Waals surface area contributed by atoms with Gasteiger partial charge in [-0.3, -0.25) is 0 Å². The minimum atomic E-state index is 0.258. The fourth-order valence-corrected chi connectivity index (χ4v) is 1.97. The van der Waals surface area contributed by atoms with Crippen LogP contribution in [0.4, 0.5) is 5.82 Å². The Labute approximate surface area is 97.8 Å². The molecule has 0 aliphatic carbocycles. The summed E-state index contributed by atoms with van der Waals surface area (Å²) >= 11 is 0. The van der Waals surface area contributed by atoms with Gasteiger partial charge in [-0.1, -0.05) is 20.8 Å². The molecule has 0 saturated carbocycles. The summed E-state index contributed by atoms with van der Waals surface area (Å²) in [4.78, 5) is 4.62. The molecule has 1 unspecified atom stereocenters. The lowest BCUT2D eigenvalue weighted by Gasteiger charge is -2.09. The van der Waals surface area contributed by atoms with Crippen molar-refractivity contribution < 1.29 is 4.74 Å². The van der Waals surface area contributed by atoms with Crippen molar-refractivity contribution in [1.82, 2.24) is 9.55 Å². The summed E-state index contributed by atoms with van der Waals surface area (Å²) in [7, 11) is 1.70. The Hall–Kier alpha value is -1.03. The normalized spacial score (nSPS) is 13.0. The van der Waals surface area contributed by atoms with E-state index in [0.717, 1.165) is 36.7 Å². The molecule has 1 aromatic heterocycles. The number of hydrogen-bond donors (Lipinski definition) is 1. The maximum absolute atomic E-state index is 6.14. The molecule has 0 aliphatic heterocycles. The van der Waals surface area contributed by atoms with Gasteiger partial charge in [-0.15, -0.1) is 0 Å². The standard InChI is InChI=1S/C12H23N3O/c1-5-7-15-10(6-2)14-11(12(15)13)9(3)8-16-4/h9H,5-8,13H2,1-4H3. The maximum Gasteiger partial charge on any atom is 0.127 e. The van der Waals surface area contributed by atoms with Crippen molar-refractivity contribution in [2.45, 2.75) is 46.1 Å². The van der Waals surface area contributed by atoms with Gasteiger partial charge in [0.05, 0.1) is 12.3 Å².